The first-order chi connectivity index (χ1) is 11.9. The molecule has 0 unspecified atom stereocenters. The van der Waals surface area contributed by atoms with Gasteiger partial charge < -0.3 is 4.48 Å². The summed E-state index contributed by atoms with van der Waals surface area (Å²) < 4.78 is 60.3. The molecular weight excluding hydrogens is 422 g/mol. The molecule has 0 aliphatic heterocycles. The van der Waals surface area contributed by atoms with Crippen LogP contribution < -0.4 is 8.32 Å². The van der Waals surface area contributed by atoms with E-state index in [2.05, 4.69) is 30.5 Å². The van der Waals surface area contributed by atoms with Crippen molar-refractivity contribution >= 4 is 0 Å². The fourth-order valence-electron chi connectivity index (χ4n) is 2.75. The Morgan fingerprint density at radius 3 is 0.962 bits per heavy atom. The third kappa shape index (κ3) is 18.9. The molecular formula is C16H36Cr2NO7-. The van der Waals surface area contributed by atoms with Gasteiger partial charge in [0.15, 0.2) is 0 Å². The molecule has 0 atom stereocenters. The number of hydrogen-bond donors (Lipinski definition) is 0. The van der Waals surface area contributed by atoms with Gasteiger partial charge in [0.25, 0.3) is 0 Å². The molecule has 26 heavy (non-hydrogen) atoms. The SMILES string of the molecule is CCCC[N+](CCCC)(CCCC)CCCC.[O]=[Cr](=[O])([O-])[O][Cr](=[O])(=[O])[O-]. The van der Waals surface area contributed by atoms with Crippen LogP contribution in [0, 0.1) is 0 Å². The van der Waals surface area contributed by atoms with Crippen molar-refractivity contribution in [3.8, 4) is 0 Å². The van der Waals surface area contributed by atoms with Crippen LogP contribution in [-0.2, 0) is 45.3 Å². The Balaban J connectivity index is 0. The molecule has 0 saturated heterocycles. The predicted octanol–water partition coefficient (Wildman–Crippen LogP) is 2.08. The van der Waals surface area contributed by atoms with Gasteiger partial charge in [0.1, 0.15) is 0 Å². The van der Waals surface area contributed by atoms with E-state index in [1.165, 1.54) is 82.0 Å². The van der Waals surface area contributed by atoms with E-state index >= 15 is 0 Å². The van der Waals surface area contributed by atoms with Crippen LogP contribution in [0.15, 0.2) is 0 Å². The Labute approximate surface area is 163 Å². The van der Waals surface area contributed by atoms with E-state index in [9.17, 15) is 23.5 Å². The van der Waals surface area contributed by atoms with Gasteiger partial charge in [-0.25, -0.2) is 0 Å². The molecule has 0 radical (unpaired) electrons. The van der Waals surface area contributed by atoms with Crippen LogP contribution in [0.4, 0.5) is 0 Å². The molecule has 0 aromatic heterocycles. The average Bonchev–Trinajstić information content (AvgIpc) is 2.50. The van der Waals surface area contributed by atoms with E-state index < -0.39 is 27.2 Å². The summed E-state index contributed by atoms with van der Waals surface area (Å²) in [6.45, 7) is 15.0. The van der Waals surface area contributed by atoms with Crippen molar-refractivity contribution in [2.75, 3.05) is 26.2 Å². The van der Waals surface area contributed by atoms with Crippen molar-refractivity contribution in [1.82, 2.24) is 0 Å². The summed E-state index contributed by atoms with van der Waals surface area (Å²) in [7, 11) is 0. The zero-order valence-corrected chi connectivity index (χ0v) is 19.2. The third-order valence-electron chi connectivity index (χ3n) is 4.11. The van der Waals surface area contributed by atoms with E-state index in [1.54, 1.807) is 0 Å². The van der Waals surface area contributed by atoms with Crippen LogP contribution in [0.25, 0.3) is 0 Å². The zero-order chi connectivity index (χ0) is 20.7. The first-order valence-corrected chi connectivity index (χ1v) is 13.6. The summed E-state index contributed by atoms with van der Waals surface area (Å²) in [4.78, 5) is 0. The minimum atomic E-state index is -6.07. The number of nitrogens with zero attached hydrogens (tertiary/aromatic N) is 1. The third-order valence-corrected chi connectivity index (χ3v) is 6.78. The standard InChI is InChI=1S/C16H36N.2Cr.7O/c1-5-9-13-17(14-10-6-2,15-11-7-3)16-12-8-4;;;;;;;;;/h5-16H2,1-4H3;;;;;;;;;/q+1;;;;;;;;2*-1. The van der Waals surface area contributed by atoms with Crippen molar-refractivity contribution in [3.63, 3.8) is 0 Å². The van der Waals surface area contributed by atoms with Gasteiger partial charge in [-0.1, -0.05) is 53.4 Å². The predicted molar refractivity (Wildman–Crippen MR) is 83.2 cm³/mol. The Morgan fingerprint density at radius 2 is 0.846 bits per heavy atom. The summed E-state index contributed by atoms with van der Waals surface area (Å²) in [5.74, 6) is 0. The first-order valence-electron chi connectivity index (χ1n) is 9.43. The van der Waals surface area contributed by atoms with Gasteiger partial charge in [0, 0.05) is 0 Å². The molecule has 0 heterocycles. The van der Waals surface area contributed by atoms with Gasteiger partial charge in [0.2, 0.25) is 0 Å². The number of quaternary nitrogens is 1. The van der Waals surface area contributed by atoms with Crippen LogP contribution in [-0.4, -0.2) is 30.7 Å². The second kappa shape index (κ2) is 15.1. The van der Waals surface area contributed by atoms with Gasteiger partial charge in [0.05, 0.1) is 26.2 Å². The maximum atomic E-state index is 9.38. The summed E-state index contributed by atoms with van der Waals surface area (Å²) >= 11 is -12.1. The molecule has 0 aromatic rings. The van der Waals surface area contributed by atoms with Crippen LogP contribution in [0.2, 0.25) is 0 Å². The molecule has 0 bridgehead atoms. The topological polar surface area (TPSA) is 124 Å². The summed E-state index contributed by atoms with van der Waals surface area (Å²) in [5.41, 5.74) is 0. The van der Waals surface area contributed by atoms with E-state index in [0.29, 0.717) is 0 Å². The van der Waals surface area contributed by atoms with Crippen molar-refractivity contribution < 1.29 is 58.1 Å². The van der Waals surface area contributed by atoms with E-state index in [0.717, 1.165) is 0 Å². The molecule has 0 spiro atoms. The second-order valence-corrected chi connectivity index (χ2v) is 10.2. The quantitative estimate of drug-likeness (QED) is 0.365. The first kappa shape index (κ1) is 28.3. The Hall–Kier alpha value is 0.105. The second-order valence-electron chi connectivity index (χ2n) is 6.53. The normalized spacial score (nSPS) is 12.5. The average molecular weight is 458 g/mol. The number of hydrogen-bond acceptors (Lipinski definition) is 7. The van der Waals surface area contributed by atoms with Crippen molar-refractivity contribution in [3.05, 3.63) is 0 Å². The number of unbranched alkanes of at least 4 members (excludes halogenated alkanes) is 4. The van der Waals surface area contributed by atoms with Gasteiger partial charge in [-0.15, -0.1) is 0 Å². The fourth-order valence-corrected chi connectivity index (χ4v) is 4.38. The molecule has 10 heteroatoms. The Morgan fingerprint density at radius 1 is 0.615 bits per heavy atom. The Bertz CT molecular complexity index is 465. The molecule has 160 valence electrons. The Kier molecular flexibility index (Phi) is 16.4. The molecule has 8 nitrogen and oxygen atoms in total. The monoisotopic (exact) mass is 458 g/mol. The van der Waals surface area contributed by atoms with Gasteiger partial charge >= 0.3 is 53.6 Å². The van der Waals surface area contributed by atoms with E-state index in [-0.39, 0.29) is 0 Å². The minimum absolute atomic E-state index is 1.35. The molecule has 0 saturated carbocycles. The number of rotatable bonds is 14. The van der Waals surface area contributed by atoms with Gasteiger partial charge in [-0.3, -0.25) is 0 Å². The summed E-state index contributed by atoms with van der Waals surface area (Å²) in [5, 5.41) is 0. The van der Waals surface area contributed by atoms with Crippen LogP contribution in [0.5, 0.6) is 0 Å². The molecule has 0 aliphatic rings. The molecule has 0 amide bonds. The fraction of sp³-hybridized carbons (Fsp3) is 1.00. The molecule has 0 aliphatic carbocycles. The van der Waals surface area contributed by atoms with E-state index in [1.807, 2.05) is 0 Å². The summed E-state index contributed by atoms with van der Waals surface area (Å²) in [6, 6.07) is 0. The summed E-state index contributed by atoms with van der Waals surface area (Å²) in [6.07, 6.45) is 11.1. The van der Waals surface area contributed by atoms with Gasteiger partial charge in [-0.05, 0) is 25.7 Å². The van der Waals surface area contributed by atoms with E-state index in [4.69, 9.17) is 0 Å². The molecule has 0 fully saturated rings. The van der Waals surface area contributed by atoms with Crippen LogP contribution in [0.3, 0.4) is 0 Å². The van der Waals surface area contributed by atoms with Crippen molar-refractivity contribution in [2.24, 2.45) is 0 Å². The molecule has 0 aromatic carbocycles. The maximum absolute atomic E-state index is 9.38. The van der Waals surface area contributed by atoms with Crippen LogP contribution >= 0.6 is 0 Å². The molecule has 0 N–H and O–H groups in total. The molecule has 0 rings (SSSR count). The van der Waals surface area contributed by atoms with Crippen molar-refractivity contribution in [1.29, 1.82) is 0 Å². The zero-order valence-electron chi connectivity index (χ0n) is 16.6. The van der Waals surface area contributed by atoms with Crippen LogP contribution in [0.1, 0.15) is 79.1 Å². The van der Waals surface area contributed by atoms with Crippen molar-refractivity contribution in [2.45, 2.75) is 79.1 Å². The van der Waals surface area contributed by atoms with Gasteiger partial charge in [-0.2, -0.15) is 0 Å².